The van der Waals surface area contributed by atoms with Gasteiger partial charge in [-0.1, -0.05) is 36.4 Å². The number of nitrogens with one attached hydrogen (secondary N) is 4. The Morgan fingerprint density at radius 1 is 1.04 bits per heavy atom. The average molecular weight is 385 g/mol. The summed E-state index contributed by atoms with van der Waals surface area (Å²) in [6, 6.07) is 18.1. The highest BCUT2D eigenvalue weighted by Crippen LogP contribution is 2.18. The van der Waals surface area contributed by atoms with Crippen LogP contribution < -0.4 is 16.2 Å². The molecule has 0 radical (unpaired) electrons. The van der Waals surface area contributed by atoms with Crippen molar-refractivity contribution in [1.82, 2.24) is 21.2 Å². The number of fused-ring (bicyclic) bond motifs is 1. The number of thiocarbonyl (C=S) groups is 1. The summed E-state index contributed by atoms with van der Waals surface area (Å²) >= 11 is 6.92. The molecular weight excluding hydrogens is 364 g/mol. The number of hydrogen-bond acceptors (Lipinski definition) is 3. The van der Waals surface area contributed by atoms with Gasteiger partial charge in [0.2, 0.25) is 5.91 Å². The molecule has 0 unspecified atom stereocenters. The van der Waals surface area contributed by atoms with Crippen LogP contribution in [0.5, 0.6) is 0 Å². The number of H-pyrrole nitrogens is 1. The minimum atomic E-state index is -0.141. The van der Waals surface area contributed by atoms with Crippen LogP contribution in [0.15, 0.2) is 65.7 Å². The first kappa shape index (κ1) is 18.3. The molecule has 4 N–H and O–H groups in total. The highest BCUT2D eigenvalue weighted by molar-refractivity contribution is 7.99. The van der Waals surface area contributed by atoms with E-state index in [4.69, 9.17) is 12.2 Å². The van der Waals surface area contributed by atoms with E-state index in [1.54, 1.807) is 11.8 Å². The third kappa shape index (κ3) is 5.24. The van der Waals surface area contributed by atoms with Crippen molar-refractivity contribution in [2.75, 3.05) is 12.3 Å². The predicted octanol–water partition coefficient (Wildman–Crippen LogP) is 3.00. The molecule has 0 aliphatic rings. The maximum absolute atomic E-state index is 12.1. The Balaban J connectivity index is 1.35. The van der Waals surface area contributed by atoms with E-state index in [1.165, 1.54) is 4.90 Å². The summed E-state index contributed by atoms with van der Waals surface area (Å²) in [7, 11) is 0. The number of amides is 1. The van der Waals surface area contributed by atoms with Gasteiger partial charge in [-0.15, -0.1) is 11.8 Å². The second kappa shape index (κ2) is 9.26. The lowest BCUT2D eigenvalue weighted by atomic mass is 10.1. The van der Waals surface area contributed by atoms with Crippen LogP contribution in [0.2, 0.25) is 0 Å². The van der Waals surface area contributed by atoms with Crippen LogP contribution in [0.25, 0.3) is 10.9 Å². The van der Waals surface area contributed by atoms with Crippen molar-refractivity contribution in [2.45, 2.75) is 11.3 Å². The highest BCUT2D eigenvalue weighted by Gasteiger charge is 2.08. The van der Waals surface area contributed by atoms with Crippen LogP contribution in [-0.4, -0.2) is 28.3 Å². The van der Waals surface area contributed by atoms with Gasteiger partial charge >= 0.3 is 0 Å². The Bertz CT molecular complexity index is 879. The van der Waals surface area contributed by atoms with E-state index in [-0.39, 0.29) is 12.3 Å². The number of rotatable bonds is 6. The van der Waals surface area contributed by atoms with Crippen molar-refractivity contribution >= 4 is 45.9 Å². The number of carbonyl (C=O) groups excluding carboxylic acids is 1. The predicted molar refractivity (Wildman–Crippen MR) is 111 cm³/mol. The lowest BCUT2D eigenvalue weighted by Gasteiger charge is -2.11. The standard InChI is InChI=1S/C19H20N4OS2/c24-18(12-14-13-21-17-9-5-4-8-16(14)17)22-23-19(25)20-10-11-26-15-6-2-1-3-7-15/h1-9,13,21H,10-12H2,(H,22,24)(H2,20,23,25). The van der Waals surface area contributed by atoms with Gasteiger partial charge in [0.1, 0.15) is 0 Å². The van der Waals surface area contributed by atoms with E-state index in [1.807, 2.05) is 48.7 Å². The van der Waals surface area contributed by atoms with Gasteiger partial charge in [0.05, 0.1) is 6.42 Å². The normalized spacial score (nSPS) is 10.5. The van der Waals surface area contributed by atoms with Gasteiger partial charge in [-0.3, -0.25) is 15.6 Å². The Kier molecular flexibility index (Phi) is 6.51. The van der Waals surface area contributed by atoms with Crippen molar-refractivity contribution in [3.05, 3.63) is 66.4 Å². The molecule has 5 nitrogen and oxygen atoms in total. The number of thioether (sulfide) groups is 1. The largest absolute Gasteiger partial charge is 0.361 e. The summed E-state index contributed by atoms with van der Waals surface area (Å²) in [4.78, 5) is 16.5. The molecule has 0 fully saturated rings. The van der Waals surface area contributed by atoms with E-state index >= 15 is 0 Å². The molecule has 1 heterocycles. The molecule has 0 aliphatic heterocycles. The first-order chi connectivity index (χ1) is 12.7. The molecular formula is C19H20N4OS2. The summed E-state index contributed by atoms with van der Waals surface area (Å²) in [5.41, 5.74) is 7.35. The quantitative estimate of drug-likeness (QED) is 0.228. The number of benzene rings is 2. The fourth-order valence-corrected chi connectivity index (χ4v) is 3.46. The molecule has 2 aromatic carbocycles. The van der Waals surface area contributed by atoms with Gasteiger partial charge in [-0.2, -0.15) is 0 Å². The third-order valence-corrected chi connectivity index (χ3v) is 5.00. The second-order valence-electron chi connectivity index (χ2n) is 5.63. The van der Waals surface area contributed by atoms with Crippen molar-refractivity contribution in [3.8, 4) is 0 Å². The van der Waals surface area contributed by atoms with Crippen LogP contribution >= 0.6 is 24.0 Å². The SMILES string of the molecule is O=C(Cc1c[nH]c2ccccc12)NNC(=S)NCCSc1ccccc1. The van der Waals surface area contributed by atoms with Crippen molar-refractivity contribution in [3.63, 3.8) is 0 Å². The van der Waals surface area contributed by atoms with Gasteiger partial charge in [0, 0.05) is 34.3 Å². The van der Waals surface area contributed by atoms with Gasteiger partial charge in [-0.25, -0.2) is 0 Å². The average Bonchev–Trinajstić information content (AvgIpc) is 3.07. The molecule has 134 valence electrons. The second-order valence-corrected chi connectivity index (χ2v) is 7.20. The van der Waals surface area contributed by atoms with E-state index in [9.17, 15) is 4.79 Å². The Morgan fingerprint density at radius 3 is 2.65 bits per heavy atom. The minimum absolute atomic E-state index is 0.141. The zero-order valence-corrected chi connectivity index (χ0v) is 15.8. The van der Waals surface area contributed by atoms with Gasteiger partial charge in [0.15, 0.2) is 5.11 Å². The zero-order chi connectivity index (χ0) is 18.2. The number of aromatic nitrogens is 1. The number of hydrogen-bond donors (Lipinski definition) is 4. The summed E-state index contributed by atoms with van der Waals surface area (Å²) in [6.45, 7) is 0.712. The van der Waals surface area contributed by atoms with E-state index < -0.39 is 0 Å². The monoisotopic (exact) mass is 384 g/mol. The van der Waals surface area contributed by atoms with E-state index in [2.05, 4.69) is 33.3 Å². The number of carbonyl (C=O) groups is 1. The van der Waals surface area contributed by atoms with Crippen LogP contribution in [0, 0.1) is 0 Å². The topological polar surface area (TPSA) is 69.0 Å². The van der Waals surface area contributed by atoms with Gasteiger partial charge < -0.3 is 10.3 Å². The van der Waals surface area contributed by atoms with E-state index in [0.717, 1.165) is 22.2 Å². The molecule has 0 atom stereocenters. The summed E-state index contributed by atoms with van der Waals surface area (Å²) < 4.78 is 0. The highest BCUT2D eigenvalue weighted by atomic mass is 32.2. The molecule has 7 heteroatoms. The molecule has 1 amide bonds. The van der Waals surface area contributed by atoms with Crippen LogP contribution in [-0.2, 0) is 11.2 Å². The molecule has 3 rings (SSSR count). The Labute approximate surface area is 161 Å². The van der Waals surface area contributed by atoms with Crippen LogP contribution in [0.4, 0.5) is 0 Å². The molecule has 3 aromatic rings. The zero-order valence-electron chi connectivity index (χ0n) is 14.1. The summed E-state index contributed by atoms with van der Waals surface area (Å²) in [5, 5.41) is 4.54. The first-order valence-corrected chi connectivity index (χ1v) is 9.67. The number of hydrazine groups is 1. The van der Waals surface area contributed by atoms with Gasteiger partial charge in [-0.05, 0) is 36.0 Å². The van der Waals surface area contributed by atoms with Crippen molar-refractivity contribution in [2.24, 2.45) is 0 Å². The molecule has 0 saturated carbocycles. The fraction of sp³-hybridized carbons (Fsp3) is 0.158. The van der Waals surface area contributed by atoms with Crippen molar-refractivity contribution < 1.29 is 4.79 Å². The summed E-state index contributed by atoms with van der Waals surface area (Å²) in [6.07, 6.45) is 2.14. The molecule has 0 bridgehead atoms. The molecule has 0 saturated heterocycles. The molecule has 0 aliphatic carbocycles. The first-order valence-electron chi connectivity index (χ1n) is 8.28. The Hall–Kier alpha value is -2.51. The summed E-state index contributed by atoms with van der Waals surface area (Å²) in [5.74, 6) is 0.743. The van der Waals surface area contributed by atoms with Crippen LogP contribution in [0.3, 0.4) is 0 Å². The lowest BCUT2D eigenvalue weighted by molar-refractivity contribution is -0.120. The molecule has 1 aromatic heterocycles. The third-order valence-electron chi connectivity index (χ3n) is 3.74. The maximum Gasteiger partial charge on any atom is 0.242 e. The van der Waals surface area contributed by atoms with Crippen molar-refractivity contribution in [1.29, 1.82) is 0 Å². The molecule has 26 heavy (non-hydrogen) atoms. The number of para-hydroxylation sites is 1. The maximum atomic E-state index is 12.1. The number of aromatic amines is 1. The minimum Gasteiger partial charge on any atom is -0.361 e. The Morgan fingerprint density at radius 2 is 1.81 bits per heavy atom. The smallest absolute Gasteiger partial charge is 0.242 e. The fourth-order valence-electron chi connectivity index (χ4n) is 2.52. The van der Waals surface area contributed by atoms with Crippen LogP contribution in [0.1, 0.15) is 5.56 Å². The lowest BCUT2D eigenvalue weighted by Crippen LogP contribution is -2.47. The molecule has 0 spiro atoms. The van der Waals surface area contributed by atoms with E-state index in [0.29, 0.717) is 11.7 Å². The van der Waals surface area contributed by atoms with Gasteiger partial charge in [0.25, 0.3) is 0 Å².